The summed E-state index contributed by atoms with van der Waals surface area (Å²) in [5, 5.41) is 15.3. The van der Waals surface area contributed by atoms with E-state index < -0.39 is 11.4 Å². The number of carboxylic acid groups (broad SMARTS) is 1. The van der Waals surface area contributed by atoms with Gasteiger partial charge >= 0.3 is 5.97 Å². The number of hydrogen-bond donors (Lipinski definition) is 1. The van der Waals surface area contributed by atoms with E-state index >= 15 is 0 Å². The summed E-state index contributed by atoms with van der Waals surface area (Å²) < 4.78 is 9.96. The molecule has 3 aromatic rings. The SMILES string of the molecule is CC[C@H](C)COc1cccc2c3n(nc12)CC(C(C)(C)C)n1cc(C(=O)O)c(=O)cc1-3. The van der Waals surface area contributed by atoms with E-state index in [9.17, 15) is 14.7 Å². The average Bonchev–Trinajstić information content (AvgIpc) is 3.09. The second kappa shape index (κ2) is 7.55. The molecule has 164 valence electrons. The Bertz CT molecular complexity index is 1220. The maximum atomic E-state index is 12.6. The Hall–Kier alpha value is -3.09. The summed E-state index contributed by atoms with van der Waals surface area (Å²) >= 11 is 0. The van der Waals surface area contributed by atoms with Gasteiger partial charge in [0.15, 0.2) is 5.43 Å². The molecule has 1 unspecified atom stereocenters. The lowest BCUT2D eigenvalue weighted by Crippen LogP contribution is -2.35. The summed E-state index contributed by atoms with van der Waals surface area (Å²) in [6.07, 6.45) is 2.52. The van der Waals surface area contributed by atoms with Gasteiger partial charge in [0.25, 0.3) is 0 Å². The zero-order valence-electron chi connectivity index (χ0n) is 18.7. The highest BCUT2D eigenvalue weighted by atomic mass is 16.5. The van der Waals surface area contributed by atoms with Crippen molar-refractivity contribution in [2.24, 2.45) is 11.3 Å². The first-order valence-electron chi connectivity index (χ1n) is 10.7. The standard InChI is InChI=1S/C24H29N3O4/c1-6-14(2)13-31-19-9-7-8-15-21(19)25-27-12-20(24(3,4)5)26-11-16(23(29)30)18(28)10-17(26)22(15)27/h7-11,14,20H,6,12-13H2,1-5H3,(H,29,30)/t14-,20?/m0/s1. The molecule has 0 aliphatic carbocycles. The fourth-order valence-electron chi connectivity index (χ4n) is 4.10. The number of pyridine rings is 1. The third-order valence-electron chi connectivity index (χ3n) is 6.19. The second-order valence-electron chi connectivity index (χ2n) is 9.54. The van der Waals surface area contributed by atoms with Crippen molar-refractivity contribution in [3.05, 3.63) is 46.2 Å². The number of aromatic nitrogens is 3. The number of ether oxygens (including phenoxy) is 1. The Morgan fingerprint density at radius 1 is 1.35 bits per heavy atom. The second-order valence-corrected chi connectivity index (χ2v) is 9.54. The maximum Gasteiger partial charge on any atom is 0.341 e. The molecule has 0 saturated carbocycles. The first kappa shape index (κ1) is 21.2. The number of fused-ring (bicyclic) bond motifs is 5. The lowest BCUT2D eigenvalue weighted by molar-refractivity contribution is 0.0693. The van der Waals surface area contributed by atoms with Crippen molar-refractivity contribution in [1.82, 2.24) is 14.3 Å². The maximum absolute atomic E-state index is 12.6. The van der Waals surface area contributed by atoms with E-state index in [0.717, 1.165) is 28.8 Å². The quantitative estimate of drug-likeness (QED) is 0.649. The Morgan fingerprint density at radius 3 is 2.74 bits per heavy atom. The number of aromatic carboxylic acids is 1. The molecule has 7 heteroatoms. The van der Waals surface area contributed by atoms with Crippen molar-refractivity contribution in [3.63, 3.8) is 0 Å². The van der Waals surface area contributed by atoms with Crippen LogP contribution in [-0.4, -0.2) is 32.0 Å². The third kappa shape index (κ3) is 3.62. The van der Waals surface area contributed by atoms with Crippen molar-refractivity contribution >= 4 is 16.9 Å². The minimum atomic E-state index is -1.21. The minimum absolute atomic E-state index is 0.0625. The summed E-state index contributed by atoms with van der Waals surface area (Å²) in [6, 6.07) is 7.20. The molecule has 0 radical (unpaired) electrons. The number of rotatable bonds is 5. The van der Waals surface area contributed by atoms with Gasteiger partial charge in [-0.15, -0.1) is 0 Å². The normalized spacial score (nSPS) is 16.6. The number of hydrogen-bond acceptors (Lipinski definition) is 4. The van der Waals surface area contributed by atoms with Crippen LogP contribution in [0.4, 0.5) is 0 Å². The minimum Gasteiger partial charge on any atom is -0.491 e. The van der Waals surface area contributed by atoms with Crippen LogP contribution in [-0.2, 0) is 6.54 Å². The molecule has 31 heavy (non-hydrogen) atoms. The van der Waals surface area contributed by atoms with Gasteiger partial charge in [-0.1, -0.05) is 53.2 Å². The predicted molar refractivity (Wildman–Crippen MR) is 120 cm³/mol. The molecule has 2 aromatic heterocycles. The lowest BCUT2D eigenvalue weighted by atomic mass is 9.85. The molecule has 0 spiro atoms. The Labute approximate surface area is 181 Å². The highest BCUT2D eigenvalue weighted by Crippen LogP contribution is 2.43. The number of carbonyl (C=O) groups is 1. The van der Waals surface area contributed by atoms with Crippen LogP contribution in [0.5, 0.6) is 5.75 Å². The van der Waals surface area contributed by atoms with Gasteiger partial charge in [0, 0.05) is 17.6 Å². The molecule has 1 aliphatic heterocycles. The summed E-state index contributed by atoms with van der Waals surface area (Å²) in [4.78, 5) is 24.2. The Morgan fingerprint density at radius 2 is 2.10 bits per heavy atom. The molecule has 3 heterocycles. The van der Waals surface area contributed by atoms with E-state index in [-0.39, 0.29) is 17.0 Å². The van der Waals surface area contributed by atoms with E-state index in [4.69, 9.17) is 9.84 Å². The van der Waals surface area contributed by atoms with Gasteiger partial charge in [-0.25, -0.2) is 4.79 Å². The summed E-state index contributed by atoms with van der Waals surface area (Å²) in [7, 11) is 0. The van der Waals surface area contributed by atoms with Crippen LogP contribution in [0.15, 0.2) is 35.3 Å². The van der Waals surface area contributed by atoms with Crippen LogP contribution in [0.2, 0.25) is 0 Å². The molecule has 2 atom stereocenters. The average molecular weight is 424 g/mol. The van der Waals surface area contributed by atoms with Gasteiger partial charge in [0.2, 0.25) is 0 Å². The number of benzene rings is 1. The smallest absolute Gasteiger partial charge is 0.341 e. The summed E-state index contributed by atoms with van der Waals surface area (Å²) in [6.45, 7) is 11.8. The topological polar surface area (TPSA) is 86.3 Å². The van der Waals surface area contributed by atoms with Crippen molar-refractivity contribution < 1.29 is 14.6 Å². The lowest BCUT2D eigenvalue weighted by Gasteiger charge is -2.38. The molecule has 0 amide bonds. The van der Waals surface area contributed by atoms with Crippen molar-refractivity contribution in [2.75, 3.05) is 6.61 Å². The first-order valence-corrected chi connectivity index (χ1v) is 10.7. The molecule has 7 nitrogen and oxygen atoms in total. The van der Waals surface area contributed by atoms with Crippen LogP contribution in [0.1, 0.15) is 57.4 Å². The molecule has 0 fully saturated rings. The molecular formula is C24H29N3O4. The molecular weight excluding hydrogens is 394 g/mol. The van der Waals surface area contributed by atoms with E-state index in [2.05, 4.69) is 34.6 Å². The zero-order chi connectivity index (χ0) is 22.5. The molecule has 0 bridgehead atoms. The monoisotopic (exact) mass is 423 g/mol. The molecule has 1 aliphatic rings. The van der Waals surface area contributed by atoms with Crippen LogP contribution in [0.25, 0.3) is 22.3 Å². The molecule has 0 saturated heterocycles. The van der Waals surface area contributed by atoms with E-state index in [0.29, 0.717) is 24.8 Å². The van der Waals surface area contributed by atoms with Crippen LogP contribution >= 0.6 is 0 Å². The Balaban J connectivity index is 1.94. The van der Waals surface area contributed by atoms with Gasteiger partial charge in [-0.2, -0.15) is 5.10 Å². The van der Waals surface area contributed by atoms with Gasteiger partial charge in [0.1, 0.15) is 16.8 Å². The number of nitrogens with zero attached hydrogens (tertiary/aromatic N) is 3. The fraction of sp³-hybridized carbons (Fsp3) is 0.458. The van der Waals surface area contributed by atoms with Crippen LogP contribution in [0.3, 0.4) is 0 Å². The molecule has 1 N–H and O–H groups in total. The van der Waals surface area contributed by atoms with Gasteiger partial charge in [-0.05, 0) is 17.4 Å². The van der Waals surface area contributed by atoms with Crippen molar-refractivity contribution in [1.29, 1.82) is 0 Å². The van der Waals surface area contributed by atoms with E-state index in [1.807, 2.05) is 27.4 Å². The summed E-state index contributed by atoms with van der Waals surface area (Å²) in [5.41, 5.74) is 1.37. The van der Waals surface area contributed by atoms with Gasteiger partial charge in [-0.3, -0.25) is 9.48 Å². The van der Waals surface area contributed by atoms with E-state index in [1.165, 1.54) is 12.3 Å². The third-order valence-corrected chi connectivity index (χ3v) is 6.19. The van der Waals surface area contributed by atoms with Gasteiger partial charge < -0.3 is 14.4 Å². The van der Waals surface area contributed by atoms with Crippen molar-refractivity contribution in [2.45, 2.75) is 53.6 Å². The largest absolute Gasteiger partial charge is 0.491 e. The molecule has 1 aromatic carbocycles. The van der Waals surface area contributed by atoms with Gasteiger partial charge in [0.05, 0.1) is 30.6 Å². The number of carboxylic acids is 1. The van der Waals surface area contributed by atoms with Crippen LogP contribution in [0, 0.1) is 11.3 Å². The summed E-state index contributed by atoms with van der Waals surface area (Å²) in [5.74, 6) is -0.0489. The highest BCUT2D eigenvalue weighted by molar-refractivity contribution is 5.96. The highest BCUT2D eigenvalue weighted by Gasteiger charge is 2.35. The van der Waals surface area contributed by atoms with E-state index in [1.54, 1.807) is 0 Å². The Kier molecular flexibility index (Phi) is 5.15. The van der Waals surface area contributed by atoms with Crippen LogP contribution < -0.4 is 10.2 Å². The zero-order valence-corrected chi connectivity index (χ0v) is 18.7. The molecule has 4 rings (SSSR count). The first-order chi connectivity index (χ1) is 14.6. The fourth-order valence-corrected chi connectivity index (χ4v) is 4.10. The predicted octanol–water partition coefficient (Wildman–Crippen LogP) is 4.59. The van der Waals surface area contributed by atoms with Crippen molar-refractivity contribution in [3.8, 4) is 17.1 Å².